The Morgan fingerprint density at radius 3 is 2.58 bits per heavy atom. The van der Waals surface area contributed by atoms with Crippen molar-refractivity contribution in [3.05, 3.63) is 69.7 Å². The zero-order chi connectivity index (χ0) is 18.7. The van der Waals surface area contributed by atoms with Gasteiger partial charge in [0, 0.05) is 23.4 Å². The smallest absolute Gasteiger partial charge is 0.191 e. The average Bonchev–Trinajstić information content (AvgIpc) is 2.97. The normalized spacial score (nSPS) is 12.2. The fourth-order valence-electron chi connectivity index (χ4n) is 2.40. The monoisotopic (exact) mass is 411 g/mol. The largest absolute Gasteiger partial charge is 0.481 e. The Hall–Kier alpha value is -1.76. The summed E-state index contributed by atoms with van der Waals surface area (Å²) in [5.41, 5.74) is 0.448. The van der Waals surface area contributed by atoms with Crippen LogP contribution in [0.1, 0.15) is 24.4 Å². The second-order valence-corrected chi connectivity index (χ2v) is 7.34. The molecule has 3 aromatic rings. The number of hydrogen-bond acceptors (Lipinski definition) is 4. The van der Waals surface area contributed by atoms with Crippen molar-refractivity contribution in [1.29, 1.82) is 0 Å². The van der Waals surface area contributed by atoms with Crippen LogP contribution in [0.3, 0.4) is 0 Å². The van der Waals surface area contributed by atoms with E-state index in [9.17, 15) is 4.39 Å². The highest BCUT2D eigenvalue weighted by Crippen LogP contribution is 2.31. The predicted molar refractivity (Wildman–Crippen MR) is 102 cm³/mol. The molecule has 1 unspecified atom stereocenters. The number of rotatable bonds is 6. The van der Waals surface area contributed by atoms with Crippen molar-refractivity contribution in [2.24, 2.45) is 7.05 Å². The van der Waals surface area contributed by atoms with E-state index in [1.54, 1.807) is 24.3 Å². The van der Waals surface area contributed by atoms with E-state index in [-0.39, 0.29) is 11.9 Å². The van der Waals surface area contributed by atoms with Crippen molar-refractivity contribution in [1.82, 2.24) is 14.8 Å². The lowest BCUT2D eigenvalue weighted by Gasteiger charge is -2.15. The van der Waals surface area contributed by atoms with Gasteiger partial charge in [0.25, 0.3) is 0 Å². The molecule has 0 aliphatic rings. The van der Waals surface area contributed by atoms with Crippen LogP contribution in [-0.4, -0.2) is 14.8 Å². The Kier molecular flexibility index (Phi) is 6.06. The van der Waals surface area contributed by atoms with E-state index >= 15 is 0 Å². The Morgan fingerprint density at radius 2 is 1.85 bits per heavy atom. The van der Waals surface area contributed by atoms with Gasteiger partial charge in [-0.15, -0.1) is 10.2 Å². The number of ether oxygens (including phenoxy) is 1. The maximum Gasteiger partial charge on any atom is 0.191 e. The number of nitrogens with zero attached hydrogens (tertiary/aromatic N) is 3. The molecule has 0 N–H and O–H groups in total. The minimum atomic E-state index is -0.348. The number of halogens is 3. The number of hydrogen-bond donors (Lipinski definition) is 0. The number of para-hydroxylation sites is 1. The topological polar surface area (TPSA) is 39.9 Å². The van der Waals surface area contributed by atoms with E-state index < -0.39 is 0 Å². The third-order valence-electron chi connectivity index (χ3n) is 3.78. The van der Waals surface area contributed by atoms with Crippen LogP contribution in [0.5, 0.6) is 5.75 Å². The molecule has 3 rings (SSSR count). The van der Waals surface area contributed by atoms with Crippen LogP contribution in [0.4, 0.5) is 4.39 Å². The van der Waals surface area contributed by atoms with Crippen LogP contribution in [0.15, 0.2) is 47.6 Å². The van der Waals surface area contributed by atoms with Crippen LogP contribution in [0, 0.1) is 5.82 Å². The summed E-state index contributed by atoms with van der Waals surface area (Å²) >= 11 is 13.6. The van der Waals surface area contributed by atoms with Gasteiger partial charge in [0.1, 0.15) is 11.6 Å². The van der Waals surface area contributed by atoms with Crippen molar-refractivity contribution in [2.45, 2.75) is 23.9 Å². The molecule has 0 spiro atoms. The highest BCUT2D eigenvalue weighted by atomic mass is 35.5. The standard InChI is InChI=1S/C18H16Cl2FN3OS/c1-11(25-16-9-4-3-6-14(16)20)17-22-23-18(24(17)2)26-10-12-13(19)7-5-8-15(12)21/h3-9,11H,10H2,1-2H3. The summed E-state index contributed by atoms with van der Waals surface area (Å²) in [6, 6.07) is 11.9. The average molecular weight is 412 g/mol. The summed E-state index contributed by atoms with van der Waals surface area (Å²) in [5.74, 6) is 1.25. The second kappa shape index (κ2) is 8.29. The van der Waals surface area contributed by atoms with E-state index in [2.05, 4.69) is 10.2 Å². The summed E-state index contributed by atoms with van der Waals surface area (Å²) in [7, 11) is 1.84. The Morgan fingerprint density at radius 1 is 1.12 bits per heavy atom. The van der Waals surface area contributed by atoms with E-state index in [1.165, 1.54) is 17.8 Å². The molecule has 2 aromatic carbocycles. The van der Waals surface area contributed by atoms with Gasteiger partial charge in [0.2, 0.25) is 0 Å². The Balaban J connectivity index is 1.72. The summed E-state index contributed by atoms with van der Waals surface area (Å²) in [4.78, 5) is 0. The summed E-state index contributed by atoms with van der Waals surface area (Å²) in [6.07, 6.45) is -0.348. The molecule has 0 amide bonds. The minimum absolute atomic E-state index is 0.331. The molecule has 1 atom stereocenters. The molecule has 0 aliphatic carbocycles. The first kappa shape index (κ1) is 19.0. The maximum atomic E-state index is 13.9. The second-order valence-electron chi connectivity index (χ2n) is 5.58. The minimum Gasteiger partial charge on any atom is -0.481 e. The molecule has 0 radical (unpaired) electrons. The molecular formula is C18H16Cl2FN3OS. The van der Waals surface area contributed by atoms with Gasteiger partial charge in [-0.25, -0.2) is 4.39 Å². The van der Waals surface area contributed by atoms with Crippen LogP contribution in [0.25, 0.3) is 0 Å². The first-order valence-corrected chi connectivity index (χ1v) is 9.57. The molecule has 8 heteroatoms. The SMILES string of the molecule is CC(Oc1ccccc1Cl)c1nnc(SCc2c(F)cccc2Cl)n1C. The van der Waals surface area contributed by atoms with Gasteiger partial charge >= 0.3 is 0 Å². The fraction of sp³-hybridized carbons (Fsp3) is 0.222. The molecule has 1 aromatic heterocycles. The van der Waals surface area contributed by atoms with E-state index in [0.717, 1.165) is 0 Å². The summed E-state index contributed by atoms with van der Waals surface area (Å²) in [6.45, 7) is 1.87. The summed E-state index contributed by atoms with van der Waals surface area (Å²) < 4.78 is 21.6. The number of benzene rings is 2. The van der Waals surface area contributed by atoms with Gasteiger partial charge in [-0.1, -0.05) is 53.2 Å². The third-order valence-corrected chi connectivity index (χ3v) is 5.49. The van der Waals surface area contributed by atoms with E-state index in [0.29, 0.717) is 38.1 Å². The Bertz CT molecular complexity index is 899. The van der Waals surface area contributed by atoms with Gasteiger partial charge in [0.05, 0.1) is 5.02 Å². The van der Waals surface area contributed by atoms with Gasteiger partial charge in [-0.05, 0) is 31.2 Å². The summed E-state index contributed by atoms with van der Waals surface area (Å²) in [5, 5.41) is 9.95. The highest BCUT2D eigenvalue weighted by Gasteiger charge is 2.19. The van der Waals surface area contributed by atoms with Crippen molar-refractivity contribution >= 4 is 35.0 Å². The molecule has 0 fully saturated rings. The third kappa shape index (κ3) is 4.14. The zero-order valence-corrected chi connectivity index (χ0v) is 16.4. The van der Waals surface area contributed by atoms with Gasteiger partial charge < -0.3 is 9.30 Å². The van der Waals surface area contributed by atoms with Crippen LogP contribution < -0.4 is 4.74 Å². The molecule has 0 saturated heterocycles. The molecule has 136 valence electrons. The van der Waals surface area contributed by atoms with Crippen molar-refractivity contribution < 1.29 is 9.13 Å². The molecule has 0 aliphatic heterocycles. The van der Waals surface area contributed by atoms with Crippen molar-refractivity contribution in [3.8, 4) is 5.75 Å². The van der Waals surface area contributed by atoms with Gasteiger partial charge in [-0.2, -0.15) is 0 Å². The van der Waals surface area contributed by atoms with Crippen molar-refractivity contribution in [3.63, 3.8) is 0 Å². The first-order valence-electron chi connectivity index (χ1n) is 7.83. The predicted octanol–water partition coefficient (Wildman–Crippen LogP) is 5.69. The lowest BCUT2D eigenvalue weighted by Crippen LogP contribution is -2.10. The molecule has 26 heavy (non-hydrogen) atoms. The zero-order valence-electron chi connectivity index (χ0n) is 14.1. The van der Waals surface area contributed by atoms with Gasteiger partial charge in [-0.3, -0.25) is 0 Å². The van der Waals surface area contributed by atoms with Crippen LogP contribution in [-0.2, 0) is 12.8 Å². The molecule has 4 nitrogen and oxygen atoms in total. The first-order chi connectivity index (χ1) is 12.5. The molecular weight excluding hydrogens is 396 g/mol. The fourth-order valence-corrected chi connectivity index (χ4v) is 3.84. The van der Waals surface area contributed by atoms with Crippen LogP contribution in [0.2, 0.25) is 10.0 Å². The van der Waals surface area contributed by atoms with Crippen LogP contribution >= 0.6 is 35.0 Å². The van der Waals surface area contributed by atoms with Gasteiger partial charge in [0.15, 0.2) is 17.1 Å². The van der Waals surface area contributed by atoms with E-state index in [1.807, 2.05) is 30.7 Å². The quantitative estimate of drug-likeness (QED) is 0.488. The highest BCUT2D eigenvalue weighted by molar-refractivity contribution is 7.98. The number of thioether (sulfide) groups is 1. The molecule has 0 bridgehead atoms. The number of aromatic nitrogens is 3. The molecule has 1 heterocycles. The lowest BCUT2D eigenvalue weighted by molar-refractivity contribution is 0.211. The van der Waals surface area contributed by atoms with E-state index in [4.69, 9.17) is 27.9 Å². The lowest BCUT2D eigenvalue weighted by atomic mass is 10.2. The maximum absolute atomic E-state index is 13.9. The molecule has 0 saturated carbocycles. The Labute approximate surface area is 165 Å². The van der Waals surface area contributed by atoms with Crippen molar-refractivity contribution in [2.75, 3.05) is 0 Å².